The zero-order valence-corrected chi connectivity index (χ0v) is 11.9. The van der Waals surface area contributed by atoms with Gasteiger partial charge in [0.1, 0.15) is 5.82 Å². The lowest BCUT2D eigenvalue weighted by Crippen LogP contribution is -2.22. The SMILES string of the molecule is CCCc1nccn1-c1cc(C(=O)NCC)ccc1N. The molecular weight excluding hydrogens is 252 g/mol. The monoisotopic (exact) mass is 272 g/mol. The molecule has 0 saturated heterocycles. The van der Waals surface area contributed by atoms with Gasteiger partial charge >= 0.3 is 0 Å². The van der Waals surface area contributed by atoms with Crippen LogP contribution in [-0.2, 0) is 6.42 Å². The number of rotatable bonds is 5. The van der Waals surface area contributed by atoms with Gasteiger partial charge in [0.2, 0.25) is 0 Å². The van der Waals surface area contributed by atoms with E-state index in [2.05, 4.69) is 17.2 Å². The third kappa shape index (κ3) is 2.82. The van der Waals surface area contributed by atoms with Crippen LogP contribution in [-0.4, -0.2) is 22.0 Å². The summed E-state index contributed by atoms with van der Waals surface area (Å²) in [4.78, 5) is 16.3. The highest BCUT2D eigenvalue weighted by Gasteiger charge is 2.11. The predicted octanol–water partition coefficient (Wildman–Crippen LogP) is 2.16. The molecule has 5 nitrogen and oxygen atoms in total. The highest BCUT2D eigenvalue weighted by atomic mass is 16.1. The van der Waals surface area contributed by atoms with Gasteiger partial charge in [-0.15, -0.1) is 0 Å². The number of hydrogen-bond acceptors (Lipinski definition) is 3. The third-order valence-corrected chi connectivity index (χ3v) is 3.08. The number of aromatic nitrogens is 2. The molecule has 0 spiro atoms. The lowest BCUT2D eigenvalue weighted by atomic mass is 10.1. The molecule has 2 rings (SSSR count). The minimum absolute atomic E-state index is 0.0918. The number of nitrogen functional groups attached to an aromatic ring is 1. The minimum atomic E-state index is -0.0918. The van der Waals surface area contributed by atoms with Crippen LogP contribution in [0.3, 0.4) is 0 Å². The number of anilines is 1. The molecule has 0 fully saturated rings. The summed E-state index contributed by atoms with van der Waals surface area (Å²) < 4.78 is 1.95. The molecular formula is C15H20N4O. The summed E-state index contributed by atoms with van der Waals surface area (Å²) in [5.74, 6) is 0.859. The Bertz CT molecular complexity index is 604. The first-order valence-corrected chi connectivity index (χ1v) is 6.87. The average molecular weight is 272 g/mol. The minimum Gasteiger partial charge on any atom is -0.397 e. The van der Waals surface area contributed by atoms with Gasteiger partial charge in [-0.1, -0.05) is 6.92 Å². The van der Waals surface area contributed by atoms with Crippen LogP contribution in [0, 0.1) is 0 Å². The van der Waals surface area contributed by atoms with E-state index in [1.807, 2.05) is 17.7 Å². The van der Waals surface area contributed by atoms with Crippen molar-refractivity contribution >= 4 is 11.6 Å². The number of carbonyl (C=O) groups excluding carboxylic acids is 1. The number of aryl methyl sites for hydroxylation is 1. The molecule has 0 unspecified atom stereocenters. The van der Waals surface area contributed by atoms with Crippen molar-refractivity contribution in [2.75, 3.05) is 12.3 Å². The van der Waals surface area contributed by atoms with Crippen molar-refractivity contribution in [3.05, 3.63) is 42.0 Å². The fourth-order valence-corrected chi connectivity index (χ4v) is 2.12. The van der Waals surface area contributed by atoms with Crippen molar-refractivity contribution in [2.24, 2.45) is 0 Å². The summed E-state index contributed by atoms with van der Waals surface area (Å²) in [6, 6.07) is 5.30. The second-order valence-electron chi connectivity index (χ2n) is 4.60. The molecule has 0 atom stereocenters. The van der Waals surface area contributed by atoms with Crippen LogP contribution in [0.2, 0.25) is 0 Å². The molecule has 3 N–H and O–H groups in total. The molecule has 20 heavy (non-hydrogen) atoms. The van der Waals surface area contributed by atoms with Crippen molar-refractivity contribution in [2.45, 2.75) is 26.7 Å². The number of nitrogens with one attached hydrogen (secondary N) is 1. The van der Waals surface area contributed by atoms with Crippen LogP contribution in [0.4, 0.5) is 5.69 Å². The van der Waals surface area contributed by atoms with Crippen LogP contribution in [0.25, 0.3) is 5.69 Å². The molecule has 0 aliphatic rings. The van der Waals surface area contributed by atoms with Gasteiger partial charge in [0.15, 0.2) is 0 Å². The first-order chi connectivity index (χ1) is 9.67. The highest BCUT2D eigenvalue weighted by Crippen LogP contribution is 2.21. The van der Waals surface area contributed by atoms with E-state index in [4.69, 9.17) is 5.73 Å². The number of nitrogens with two attached hydrogens (primary N) is 1. The molecule has 1 aromatic heterocycles. The topological polar surface area (TPSA) is 72.9 Å². The Balaban J connectivity index is 2.42. The summed E-state index contributed by atoms with van der Waals surface area (Å²) in [5, 5.41) is 2.79. The van der Waals surface area contributed by atoms with Crippen molar-refractivity contribution in [1.82, 2.24) is 14.9 Å². The second-order valence-corrected chi connectivity index (χ2v) is 4.60. The number of imidazole rings is 1. The highest BCUT2D eigenvalue weighted by molar-refractivity contribution is 5.95. The molecule has 106 valence electrons. The van der Waals surface area contributed by atoms with Gasteiger partial charge in [0.05, 0.1) is 11.4 Å². The first kappa shape index (κ1) is 14.1. The average Bonchev–Trinajstić information content (AvgIpc) is 2.88. The van der Waals surface area contributed by atoms with Gasteiger partial charge in [0.25, 0.3) is 5.91 Å². The van der Waals surface area contributed by atoms with Gasteiger partial charge in [-0.2, -0.15) is 0 Å². The maximum Gasteiger partial charge on any atom is 0.251 e. The number of hydrogen-bond donors (Lipinski definition) is 2. The van der Waals surface area contributed by atoms with Crippen LogP contribution >= 0.6 is 0 Å². The quantitative estimate of drug-likeness (QED) is 0.819. The normalized spacial score (nSPS) is 10.5. The molecule has 0 aliphatic carbocycles. The van der Waals surface area contributed by atoms with Crippen molar-refractivity contribution in [3.63, 3.8) is 0 Å². The summed E-state index contributed by atoms with van der Waals surface area (Å²) in [6.45, 7) is 4.60. The van der Waals surface area contributed by atoms with E-state index >= 15 is 0 Å². The third-order valence-electron chi connectivity index (χ3n) is 3.08. The molecule has 0 radical (unpaired) electrons. The van der Waals surface area contributed by atoms with Gasteiger partial charge in [-0.05, 0) is 31.5 Å². The Hall–Kier alpha value is -2.30. The zero-order chi connectivity index (χ0) is 14.5. The molecule has 5 heteroatoms. The molecule has 2 aromatic rings. The second kappa shape index (κ2) is 6.23. The van der Waals surface area contributed by atoms with E-state index in [0.29, 0.717) is 17.8 Å². The Morgan fingerprint density at radius 2 is 2.20 bits per heavy atom. The predicted molar refractivity (Wildman–Crippen MR) is 80.0 cm³/mol. The van der Waals surface area contributed by atoms with E-state index in [9.17, 15) is 4.79 Å². The number of carbonyl (C=O) groups is 1. The maximum atomic E-state index is 11.9. The fraction of sp³-hybridized carbons (Fsp3) is 0.333. The van der Waals surface area contributed by atoms with E-state index in [-0.39, 0.29) is 5.91 Å². The van der Waals surface area contributed by atoms with Crippen molar-refractivity contribution in [1.29, 1.82) is 0 Å². The first-order valence-electron chi connectivity index (χ1n) is 6.87. The Morgan fingerprint density at radius 1 is 1.40 bits per heavy atom. The van der Waals surface area contributed by atoms with Crippen LogP contribution < -0.4 is 11.1 Å². The Labute approximate surface area is 118 Å². The molecule has 1 heterocycles. The smallest absolute Gasteiger partial charge is 0.251 e. The van der Waals surface area contributed by atoms with E-state index in [1.165, 1.54) is 0 Å². The molecule has 0 aliphatic heterocycles. The lowest BCUT2D eigenvalue weighted by Gasteiger charge is -2.12. The number of nitrogens with zero attached hydrogens (tertiary/aromatic N) is 2. The van der Waals surface area contributed by atoms with Crippen molar-refractivity contribution < 1.29 is 4.79 Å². The van der Waals surface area contributed by atoms with Crippen molar-refractivity contribution in [3.8, 4) is 5.69 Å². The van der Waals surface area contributed by atoms with Crippen LogP contribution in [0.5, 0.6) is 0 Å². The van der Waals surface area contributed by atoms with Crippen LogP contribution in [0.15, 0.2) is 30.6 Å². The zero-order valence-electron chi connectivity index (χ0n) is 11.9. The largest absolute Gasteiger partial charge is 0.397 e. The van der Waals surface area contributed by atoms with Crippen LogP contribution in [0.1, 0.15) is 36.5 Å². The number of benzene rings is 1. The maximum absolute atomic E-state index is 11.9. The molecule has 0 bridgehead atoms. The lowest BCUT2D eigenvalue weighted by molar-refractivity contribution is 0.0956. The summed E-state index contributed by atoms with van der Waals surface area (Å²) in [5.41, 5.74) is 8.08. The van der Waals surface area contributed by atoms with Gasteiger partial charge in [-0.3, -0.25) is 4.79 Å². The molecule has 0 saturated carbocycles. The summed E-state index contributed by atoms with van der Waals surface area (Å²) >= 11 is 0. The number of amides is 1. The Kier molecular flexibility index (Phi) is 4.40. The summed E-state index contributed by atoms with van der Waals surface area (Å²) in [6.07, 6.45) is 5.51. The molecule has 1 aromatic carbocycles. The molecule has 1 amide bonds. The standard InChI is InChI=1S/C15H20N4O/c1-3-5-14-18-8-9-19(14)13-10-11(6-7-12(13)16)15(20)17-4-2/h6-10H,3-5,16H2,1-2H3,(H,17,20). The fourth-order valence-electron chi connectivity index (χ4n) is 2.12. The Morgan fingerprint density at radius 3 is 2.90 bits per heavy atom. The van der Waals surface area contributed by atoms with Gasteiger partial charge < -0.3 is 15.6 Å². The van der Waals surface area contributed by atoms with Gasteiger partial charge in [0, 0.05) is 30.9 Å². The van der Waals surface area contributed by atoms with E-state index in [0.717, 1.165) is 24.4 Å². The summed E-state index contributed by atoms with van der Waals surface area (Å²) in [7, 11) is 0. The van der Waals surface area contributed by atoms with Gasteiger partial charge in [-0.25, -0.2) is 4.98 Å². The van der Waals surface area contributed by atoms with E-state index < -0.39 is 0 Å². The van der Waals surface area contributed by atoms with E-state index in [1.54, 1.807) is 24.4 Å².